The third-order valence-electron chi connectivity index (χ3n) is 7.96. The lowest BCUT2D eigenvalue weighted by Crippen LogP contribution is -2.06. The molecule has 7 rings (SSSR count). The van der Waals surface area contributed by atoms with Crippen molar-refractivity contribution in [1.29, 1.82) is 0 Å². The van der Waals surface area contributed by atoms with E-state index in [4.69, 9.17) is 4.98 Å². The van der Waals surface area contributed by atoms with Gasteiger partial charge >= 0.3 is 0 Å². The van der Waals surface area contributed by atoms with Crippen LogP contribution in [0.15, 0.2) is 84.9 Å². The van der Waals surface area contributed by atoms with Gasteiger partial charge in [-0.3, -0.25) is 0 Å². The smallest absolute Gasteiger partial charge is 0.172 e. The maximum atomic E-state index is 5.08. The second kappa shape index (κ2) is 10.0. The summed E-state index contributed by atoms with van der Waals surface area (Å²) in [6.45, 7) is 5.14. The highest BCUT2D eigenvalue weighted by molar-refractivity contribution is 5.93. The number of fused-ring (bicyclic) bond motifs is 3. The van der Waals surface area contributed by atoms with E-state index >= 15 is 0 Å². The van der Waals surface area contributed by atoms with Crippen molar-refractivity contribution in [3.63, 3.8) is 0 Å². The van der Waals surface area contributed by atoms with Gasteiger partial charge in [-0.25, -0.2) is 10.1 Å². The van der Waals surface area contributed by atoms with Crippen LogP contribution in [0.1, 0.15) is 52.0 Å². The molecule has 0 fully saturated rings. The molecule has 0 saturated carbocycles. The lowest BCUT2D eigenvalue weighted by atomic mass is 9.92. The van der Waals surface area contributed by atoms with Gasteiger partial charge in [0.1, 0.15) is 5.82 Å². The number of hydrogen-bond donors (Lipinski definition) is 1. The summed E-state index contributed by atoms with van der Waals surface area (Å²) in [6.07, 6.45) is 4.92. The summed E-state index contributed by atoms with van der Waals surface area (Å²) in [4.78, 5) is 5.08. The molecule has 6 aromatic rings. The predicted octanol–water partition coefficient (Wildman–Crippen LogP) is 6.82. The average molecular weight is 523 g/mol. The van der Waals surface area contributed by atoms with Crippen molar-refractivity contribution in [3.05, 3.63) is 130 Å². The molecule has 0 saturated heterocycles. The highest BCUT2D eigenvalue weighted by Gasteiger charge is 2.20. The molecule has 1 aliphatic rings. The molecular weight excluding hydrogens is 492 g/mol. The highest BCUT2D eigenvalue weighted by atomic mass is 15.5. The van der Waals surface area contributed by atoms with Crippen molar-refractivity contribution in [2.45, 2.75) is 39.7 Å². The first-order valence-corrected chi connectivity index (χ1v) is 13.9. The molecule has 2 heterocycles. The number of aromatic amines is 1. The van der Waals surface area contributed by atoms with Gasteiger partial charge < -0.3 is 4.57 Å². The van der Waals surface area contributed by atoms with Crippen molar-refractivity contribution in [1.82, 2.24) is 30.2 Å². The van der Waals surface area contributed by atoms with Crippen molar-refractivity contribution >= 4 is 22.7 Å². The maximum absolute atomic E-state index is 5.08. The lowest BCUT2D eigenvalue weighted by molar-refractivity contribution is 0.751. The molecule has 1 N–H and O–H groups in total. The zero-order chi connectivity index (χ0) is 27.1. The molecule has 6 heteroatoms. The quantitative estimate of drug-likeness (QED) is 0.270. The van der Waals surface area contributed by atoms with E-state index in [1.807, 2.05) is 0 Å². The Kier molecular flexibility index (Phi) is 6.08. The summed E-state index contributed by atoms with van der Waals surface area (Å²) < 4.78 is 2.40. The monoisotopic (exact) mass is 522 g/mol. The summed E-state index contributed by atoms with van der Waals surface area (Å²) in [6, 6.07) is 30.7. The molecule has 4 aromatic carbocycles. The Morgan fingerprint density at radius 1 is 0.850 bits per heavy atom. The zero-order valence-corrected chi connectivity index (χ0v) is 22.7. The van der Waals surface area contributed by atoms with Crippen molar-refractivity contribution in [2.75, 3.05) is 0 Å². The molecule has 0 unspecified atom stereocenters. The number of imidazole rings is 1. The van der Waals surface area contributed by atoms with E-state index < -0.39 is 0 Å². The van der Waals surface area contributed by atoms with Crippen molar-refractivity contribution in [3.8, 4) is 11.1 Å². The largest absolute Gasteiger partial charge is 0.323 e. The van der Waals surface area contributed by atoms with E-state index in [1.54, 1.807) is 0 Å². The van der Waals surface area contributed by atoms with Crippen LogP contribution in [0, 0.1) is 6.92 Å². The Balaban J connectivity index is 1.32. The SMILES string of the molecule is CCc1nc2c(C)cc(-c3ccccc3)cc2n1Cc1ccc2c(c1)CCc1ccccc1/C2=C\c1nnn[nH]1. The first kappa shape index (κ1) is 24.2. The summed E-state index contributed by atoms with van der Waals surface area (Å²) in [5, 5.41) is 14.6. The van der Waals surface area contributed by atoms with Gasteiger partial charge in [0, 0.05) is 13.0 Å². The van der Waals surface area contributed by atoms with Crippen LogP contribution in [-0.2, 0) is 25.8 Å². The topological polar surface area (TPSA) is 72.3 Å². The molecule has 2 aromatic heterocycles. The van der Waals surface area contributed by atoms with Crippen LogP contribution < -0.4 is 0 Å². The standard InChI is InChI=1S/C34H30N6/c1-3-33-35-34-22(2)17-27(24-9-5-4-6-10-24)19-31(34)40(33)21-23-13-16-29-26(18-23)15-14-25-11-7-8-12-28(25)30(29)20-32-36-38-39-37-32/h4-13,16-20H,3,14-15,21H2,1-2H3,(H,36,37,38,39)/b30-20+. The number of aromatic nitrogens is 6. The van der Waals surface area contributed by atoms with Crippen LogP contribution in [0.2, 0.25) is 0 Å². The second-order valence-corrected chi connectivity index (χ2v) is 10.5. The Morgan fingerprint density at radius 2 is 1.65 bits per heavy atom. The van der Waals surface area contributed by atoms with Crippen molar-refractivity contribution in [2.24, 2.45) is 0 Å². The molecular formula is C34H30N6. The van der Waals surface area contributed by atoms with E-state index in [0.717, 1.165) is 42.7 Å². The van der Waals surface area contributed by atoms with Gasteiger partial charge in [-0.15, -0.1) is 5.10 Å². The Morgan fingerprint density at radius 3 is 2.48 bits per heavy atom. The zero-order valence-electron chi connectivity index (χ0n) is 22.7. The van der Waals surface area contributed by atoms with Crippen LogP contribution in [0.4, 0.5) is 0 Å². The summed E-state index contributed by atoms with van der Waals surface area (Å²) in [5.41, 5.74) is 13.5. The molecule has 0 atom stereocenters. The second-order valence-electron chi connectivity index (χ2n) is 10.5. The molecule has 0 bridgehead atoms. The minimum Gasteiger partial charge on any atom is -0.323 e. The first-order chi connectivity index (χ1) is 19.7. The number of nitrogens with zero attached hydrogens (tertiary/aromatic N) is 5. The highest BCUT2D eigenvalue weighted by Crippen LogP contribution is 2.36. The molecule has 0 spiro atoms. The average Bonchev–Trinajstić information content (AvgIpc) is 3.60. The third kappa shape index (κ3) is 4.31. The summed E-state index contributed by atoms with van der Waals surface area (Å²) in [7, 11) is 0. The number of benzene rings is 4. The number of nitrogens with one attached hydrogen (secondary N) is 1. The molecule has 196 valence electrons. The van der Waals surface area contributed by atoms with Gasteiger partial charge in [0.05, 0.1) is 11.0 Å². The molecule has 0 radical (unpaired) electrons. The van der Waals surface area contributed by atoms with Crippen LogP contribution in [-0.4, -0.2) is 30.2 Å². The van der Waals surface area contributed by atoms with E-state index in [0.29, 0.717) is 5.82 Å². The minimum absolute atomic E-state index is 0.656. The number of aryl methyl sites for hydroxylation is 4. The Hall–Kier alpha value is -4.84. The Labute approximate surface area is 233 Å². The number of hydrogen-bond acceptors (Lipinski definition) is 4. The van der Waals surface area contributed by atoms with Crippen LogP contribution in [0.25, 0.3) is 33.8 Å². The fraction of sp³-hybridized carbons (Fsp3) is 0.176. The van der Waals surface area contributed by atoms with Crippen LogP contribution in [0.5, 0.6) is 0 Å². The van der Waals surface area contributed by atoms with E-state index in [9.17, 15) is 0 Å². The maximum Gasteiger partial charge on any atom is 0.172 e. The van der Waals surface area contributed by atoms with Crippen molar-refractivity contribution < 1.29 is 0 Å². The normalized spacial score (nSPS) is 13.8. The molecule has 40 heavy (non-hydrogen) atoms. The van der Waals surface area contributed by atoms with Gasteiger partial charge in [0.2, 0.25) is 0 Å². The number of tetrazole rings is 1. The fourth-order valence-electron chi connectivity index (χ4n) is 6.02. The summed E-state index contributed by atoms with van der Waals surface area (Å²) >= 11 is 0. The van der Waals surface area contributed by atoms with Gasteiger partial charge in [-0.1, -0.05) is 79.7 Å². The Bertz CT molecular complexity index is 1860. The van der Waals surface area contributed by atoms with Gasteiger partial charge in [-0.2, -0.15) is 0 Å². The van der Waals surface area contributed by atoms with Gasteiger partial charge in [0.25, 0.3) is 0 Å². The van der Waals surface area contributed by atoms with E-state index in [1.165, 1.54) is 50.0 Å². The minimum atomic E-state index is 0.656. The van der Waals surface area contributed by atoms with E-state index in [2.05, 4.69) is 130 Å². The number of rotatable bonds is 5. The molecule has 1 aliphatic carbocycles. The molecule has 0 aliphatic heterocycles. The predicted molar refractivity (Wildman–Crippen MR) is 160 cm³/mol. The van der Waals surface area contributed by atoms with Gasteiger partial charge in [0.15, 0.2) is 5.82 Å². The van der Waals surface area contributed by atoms with E-state index in [-0.39, 0.29) is 0 Å². The van der Waals surface area contributed by atoms with Gasteiger partial charge in [-0.05, 0) is 98.5 Å². The molecule has 6 nitrogen and oxygen atoms in total. The van der Waals surface area contributed by atoms with Crippen LogP contribution >= 0.6 is 0 Å². The number of H-pyrrole nitrogens is 1. The summed E-state index contributed by atoms with van der Waals surface area (Å²) in [5.74, 6) is 1.77. The van der Waals surface area contributed by atoms with Crippen LogP contribution in [0.3, 0.4) is 0 Å². The third-order valence-corrected chi connectivity index (χ3v) is 7.96. The lowest BCUT2D eigenvalue weighted by Gasteiger charge is -2.15. The molecule has 0 amide bonds. The first-order valence-electron chi connectivity index (χ1n) is 13.9. The fourth-order valence-corrected chi connectivity index (χ4v) is 6.02.